The monoisotopic (exact) mass is 325 g/mol. The Hall–Kier alpha value is -1.63. The highest BCUT2D eigenvalue weighted by molar-refractivity contribution is 7.91. The summed E-state index contributed by atoms with van der Waals surface area (Å²) in [7, 11) is -1.34. The molecule has 2 heterocycles. The Morgan fingerprint density at radius 2 is 2.23 bits per heavy atom. The molecule has 1 aliphatic rings. The number of pyridine rings is 1. The Kier molecular flexibility index (Phi) is 5.39. The van der Waals surface area contributed by atoms with Gasteiger partial charge in [0, 0.05) is 32.0 Å². The average molecular weight is 325 g/mol. The molecular formula is C15H23N3O3S. The molecule has 1 fully saturated rings. The van der Waals surface area contributed by atoms with Gasteiger partial charge < -0.3 is 10.2 Å². The smallest absolute Gasteiger partial charge is 0.255 e. The Labute approximate surface area is 131 Å². The Morgan fingerprint density at radius 3 is 2.86 bits per heavy atom. The summed E-state index contributed by atoms with van der Waals surface area (Å²) in [5, 5.41) is 3.23. The van der Waals surface area contributed by atoms with Crippen molar-refractivity contribution in [3.05, 3.63) is 24.0 Å². The third kappa shape index (κ3) is 4.19. The molecule has 1 aromatic rings. The molecule has 22 heavy (non-hydrogen) atoms. The van der Waals surface area contributed by atoms with Gasteiger partial charge in [-0.1, -0.05) is 13.3 Å². The topological polar surface area (TPSA) is 79.4 Å². The molecule has 1 unspecified atom stereocenters. The van der Waals surface area contributed by atoms with Crippen LogP contribution in [-0.4, -0.2) is 55.3 Å². The van der Waals surface area contributed by atoms with E-state index in [1.165, 1.54) is 11.1 Å². The standard InChI is InChI=1S/C15H23N3O3S/c1-3-4-6-17-13-8-12(9-16-10-13)15(19)18(2)14-5-7-22(20,21)11-14/h8-10,14,17H,3-7,11H2,1-2H3. The van der Waals surface area contributed by atoms with Crippen molar-refractivity contribution in [3.63, 3.8) is 0 Å². The van der Waals surface area contributed by atoms with Gasteiger partial charge in [-0.05, 0) is 18.9 Å². The van der Waals surface area contributed by atoms with Crippen molar-refractivity contribution in [2.45, 2.75) is 32.2 Å². The minimum absolute atomic E-state index is 0.0527. The van der Waals surface area contributed by atoms with Crippen molar-refractivity contribution in [2.24, 2.45) is 0 Å². The van der Waals surface area contributed by atoms with E-state index >= 15 is 0 Å². The molecule has 1 amide bonds. The van der Waals surface area contributed by atoms with E-state index in [0.29, 0.717) is 12.0 Å². The summed E-state index contributed by atoms with van der Waals surface area (Å²) in [6, 6.07) is 1.53. The first kappa shape index (κ1) is 16.7. The summed E-state index contributed by atoms with van der Waals surface area (Å²) >= 11 is 0. The Morgan fingerprint density at radius 1 is 1.45 bits per heavy atom. The van der Waals surface area contributed by atoms with Gasteiger partial charge in [0.2, 0.25) is 0 Å². The van der Waals surface area contributed by atoms with E-state index in [1.807, 2.05) is 0 Å². The minimum atomic E-state index is -3.00. The van der Waals surface area contributed by atoms with Crippen LogP contribution >= 0.6 is 0 Å². The predicted octanol–water partition coefficient (Wildman–Crippen LogP) is 1.55. The van der Waals surface area contributed by atoms with Gasteiger partial charge in [0.05, 0.1) is 22.8 Å². The average Bonchev–Trinajstić information content (AvgIpc) is 2.86. The number of carbonyl (C=O) groups excluding carboxylic acids is 1. The molecule has 0 aliphatic carbocycles. The summed E-state index contributed by atoms with van der Waals surface area (Å²) in [4.78, 5) is 18.1. The molecule has 1 N–H and O–H groups in total. The second-order valence-corrected chi connectivity index (χ2v) is 7.94. The van der Waals surface area contributed by atoms with Gasteiger partial charge >= 0.3 is 0 Å². The summed E-state index contributed by atoms with van der Waals surface area (Å²) in [5.41, 5.74) is 1.29. The summed E-state index contributed by atoms with van der Waals surface area (Å²) < 4.78 is 23.1. The number of unbranched alkanes of at least 4 members (excludes halogenated alkanes) is 1. The van der Waals surface area contributed by atoms with Crippen LogP contribution in [0.15, 0.2) is 18.5 Å². The number of hydrogen-bond donors (Lipinski definition) is 1. The van der Waals surface area contributed by atoms with E-state index in [9.17, 15) is 13.2 Å². The highest BCUT2D eigenvalue weighted by Gasteiger charge is 2.33. The van der Waals surface area contributed by atoms with Crippen LogP contribution in [0.3, 0.4) is 0 Å². The van der Waals surface area contributed by atoms with Gasteiger partial charge in [0.1, 0.15) is 0 Å². The maximum absolute atomic E-state index is 12.5. The lowest BCUT2D eigenvalue weighted by Gasteiger charge is -2.23. The van der Waals surface area contributed by atoms with Gasteiger partial charge in [-0.3, -0.25) is 9.78 Å². The maximum Gasteiger partial charge on any atom is 0.255 e. The first-order valence-electron chi connectivity index (χ1n) is 7.59. The lowest BCUT2D eigenvalue weighted by Crippen LogP contribution is -2.37. The molecule has 1 aliphatic heterocycles. The molecule has 2 rings (SSSR count). The van der Waals surface area contributed by atoms with E-state index in [-0.39, 0.29) is 23.5 Å². The van der Waals surface area contributed by atoms with Gasteiger partial charge in [-0.15, -0.1) is 0 Å². The molecule has 1 saturated heterocycles. The molecule has 7 heteroatoms. The van der Waals surface area contributed by atoms with Crippen LogP contribution in [0.4, 0.5) is 5.69 Å². The lowest BCUT2D eigenvalue weighted by molar-refractivity contribution is 0.0747. The van der Waals surface area contributed by atoms with Crippen LogP contribution in [-0.2, 0) is 9.84 Å². The zero-order valence-corrected chi connectivity index (χ0v) is 13.9. The largest absolute Gasteiger partial charge is 0.384 e. The second kappa shape index (κ2) is 7.09. The zero-order chi connectivity index (χ0) is 16.2. The second-order valence-electron chi connectivity index (χ2n) is 5.72. The van der Waals surface area contributed by atoms with Crippen molar-refractivity contribution in [1.29, 1.82) is 0 Å². The fourth-order valence-corrected chi connectivity index (χ4v) is 4.29. The maximum atomic E-state index is 12.5. The predicted molar refractivity (Wildman–Crippen MR) is 86.8 cm³/mol. The SMILES string of the molecule is CCCCNc1cncc(C(=O)N(C)C2CCS(=O)(=O)C2)c1. The molecule has 1 atom stereocenters. The normalized spacial score (nSPS) is 19.8. The number of hydrogen-bond acceptors (Lipinski definition) is 5. The van der Waals surface area contributed by atoms with E-state index < -0.39 is 9.84 Å². The minimum Gasteiger partial charge on any atom is -0.384 e. The fourth-order valence-electron chi connectivity index (χ4n) is 2.51. The van der Waals surface area contributed by atoms with Crippen molar-refractivity contribution >= 4 is 21.4 Å². The summed E-state index contributed by atoms with van der Waals surface area (Å²) in [5.74, 6) is 0.0252. The summed E-state index contributed by atoms with van der Waals surface area (Å²) in [6.07, 6.45) is 5.86. The van der Waals surface area contributed by atoms with Crippen molar-refractivity contribution < 1.29 is 13.2 Å². The van der Waals surface area contributed by atoms with Crippen molar-refractivity contribution in [1.82, 2.24) is 9.88 Å². The Balaban J connectivity index is 2.04. The molecule has 0 saturated carbocycles. The molecule has 0 spiro atoms. The fraction of sp³-hybridized carbons (Fsp3) is 0.600. The number of anilines is 1. The third-order valence-corrected chi connectivity index (χ3v) is 5.67. The van der Waals surface area contributed by atoms with Gasteiger partial charge in [-0.2, -0.15) is 0 Å². The lowest BCUT2D eigenvalue weighted by atomic mass is 10.2. The molecule has 0 bridgehead atoms. The number of carbonyl (C=O) groups is 1. The van der Waals surface area contributed by atoms with Crippen LogP contribution in [0.25, 0.3) is 0 Å². The quantitative estimate of drug-likeness (QED) is 0.803. The third-order valence-electron chi connectivity index (χ3n) is 3.92. The molecular weight excluding hydrogens is 302 g/mol. The molecule has 1 aromatic heterocycles. The number of aromatic nitrogens is 1. The van der Waals surface area contributed by atoms with Crippen LogP contribution in [0.2, 0.25) is 0 Å². The van der Waals surface area contributed by atoms with Gasteiger partial charge in [0.25, 0.3) is 5.91 Å². The van der Waals surface area contributed by atoms with Crippen LogP contribution in [0.5, 0.6) is 0 Å². The first-order valence-corrected chi connectivity index (χ1v) is 9.41. The first-order chi connectivity index (χ1) is 10.4. The van der Waals surface area contributed by atoms with Crippen LogP contribution in [0.1, 0.15) is 36.5 Å². The molecule has 122 valence electrons. The zero-order valence-electron chi connectivity index (χ0n) is 13.1. The van der Waals surface area contributed by atoms with Crippen LogP contribution < -0.4 is 5.32 Å². The molecule has 0 aromatic carbocycles. The number of nitrogens with zero attached hydrogens (tertiary/aromatic N) is 2. The number of rotatable bonds is 6. The van der Waals surface area contributed by atoms with Crippen molar-refractivity contribution in [2.75, 3.05) is 30.4 Å². The molecule has 0 radical (unpaired) electrons. The van der Waals surface area contributed by atoms with Crippen molar-refractivity contribution in [3.8, 4) is 0 Å². The van der Waals surface area contributed by atoms with E-state index in [2.05, 4.69) is 17.2 Å². The highest BCUT2D eigenvalue weighted by atomic mass is 32.2. The van der Waals surface area contributed by atoms with E-state index in [4.69, 9.17) is 0 Å². The highest BCUT2D eigenvalue weighted by Crippen LogP contribution is 2.19. The molecule has 6 nitrogen and oxygen atoms in total. The number of sulfone groups is 1. The van der Waals surface area contributed by atoms with E-state index in [0.717, 1.165) is 25.1 Å². The van der Waals surface area contributed by atoms with Gasteiger partial charge in [0.15, 0.2) is 9.84 Å². The Bertz CT molecular complexity index is 631. The summed E-state index contributed by atoms with van der Waals surface area (Å²) in [6.45, 7) is 2.96. The number of amides is 1. The number of nitrogens with one attached hydrogen (secondary N) is 1. The van der Waals surface area contributed by atoms with Crippen LogP contribution in [0, 0.1) is 0 Å². The van der Waals surface area contributed by atoms with E-state index in [1.54, 1.807) is 19.3 Å². The van der Waals surface area contributed by atoms with Gasteiger partial charge in [-0.25, -0.2) is 8.42 Å².